The molecule has 0 spiro atoms. The van der Waals surface area contributed by atoms with Crippen LogP contribution in [0.2, 0.25) is 0 Å². The molecule has 3 aromatic carbocycles. The maximum atomic E-state index is 14.5. The van der Waals surface area contributed by atoms with Crippen molar-refractivity contribution >= 4 is 55.4 Å². The summed E-state index contributed by atoms with van der Waals surface area (Å²) >= 11 is 0. The van der Waals surface area contributed by atoms with Gasteiger partial charge in [0.1, 0.15) is 23.7 Å². The van der Waals surface area contributed by atoms with Crippen molar-refractivity contribution in [3.8, 4) is 0 Å². The molecule has 0 unspecified atom stereocenters. The summed E-state index contributed by atoms with van der Waals surface area (Å²) in [6.07, 6.45) is 3.78. The SMILES string of the molecule is C=C[C@@H]1C[C@@]1(NC(=O)[C@@H]1C[C@@H](OCc2c3ccccc3cc3ccccc23)CN1C(=O)[C@@H](NC(=O)OC1CCC1)C(C)(C)C)C(=O)NS(=O)(=O)C1CC1. The van der Waals surface area contributed by atoms with E-state index in [9.17, 15) is 27.6 Å². The molecular formula is C40H48N4O8S. The van der Waals surface area contributed by atoms with Crippen LogP contribution in [0.4, 0.5) is 4.79 Å². The smallest absolute Gasteiger partial charge is 0.408 e. The molecule has 3 aromatic rings. The molecule has 7 rings (SSSR count). The van der Waals surface area contributed by atoms with E-state index in [1.165, 1.54) is 11.0 Å². The van der Waals surface area contributed by atoms with E-state index >= 15 is 0 Å². The van der Waals surface area contributed by atoms with Crippen LogP contribution in [0.15, 0.2) is 67.3 Å². The predicted molar refractivity (Wildman–Crippen MR) is 200 cm³/mol. The van der Waals surface area contributed by atoms with E-state index in [1.807, 2.05) is 69.3 Å². The van der Waals surface area contributed by atoms with E-state index in [2.05, 4.69) is 28.0 Å². The molecule has 3 saturated carbocycles. The number of nitrogens with zero attached hydrogens (tertiary/aromatic N) is 1. The molecular weight excluding hydrogens is 697 g/mol. The van der Waals surface area contributed by atoms with Crippen LogP contribution in [0, 0.1) is 11.3 Å². The lowest BCUT2D eigenvalue weighted by Gasteiger charge is -2.36. The number of hydrogen-bond acceptors (Lipinski definition) is 8. The topological polar surface area (TPSA) is 160 Å². The second kappa shape index (κ2) is 14.1. The number of carbonyl (C=O) groups is 4. The zero-order chi connectivity index (χ0) is 37.7. The summed E-state index contributed by atoms with van der Waals surface area (Å²) in [4.78, 5) is 56.7. The third kappa shape index (κ3) is 7.50. The van der Waals surface area contributed by atoms with E-state index in [0.717, 1.165) is 46.4 Å². The Hall–Kier alpha value is -4.49. The Morgan fingerprint density at radius 1 is 0.981 bits per heavy atom. The van der Waals surface area contributed by atoms with Crippen LogP contribution >= 0.6 is 0 Å². The van der Waals surface area contributed by atoms with Crippen LogP contribution in [0.25, 0.3) is 21.5 Å². The summed E-state index contributed by atoms with van der Waals surface area (Å²) < 4.78 is 39.7. The van der Waals surface area contributed by atoms with E-state index < -0.39 is 74.1 Å². The van der Waals surface area contributed by atoms with Gasteiger partial charge < -0.3 is 25.0 Å². The van der Waals surface area contributed by atoms with Gasteiger partial charge >= 0.3 is 6.09 Å². The zero-order valence-corrected chi connectivity index (χ0v) is 31.2. The Morgan fingerprint density at radius 3 is 2.17 bits per heavy atom. The van der Waals surface area contributed by atoms with Crippen molar-refractivity contribution in [1.82, 2.24) is 20.3 Å². The molecule has 4 aliphatic rings. The standard InChI is InChI=1S/C40H48N4O8S/c1-5-26-21-40(26,37(47)43-53(49,50)29-17-18-29)42-35(45)33-20-28(22-44(33)36(46)34(39(2,3)4)41-38(48)52-27-13-10-14-27)51-23-32-30-15-8-6-11-24(30)19-25-12-7-9-16-31(25)32/h5-9,11-12,15-16,19,26-29,33-34H,1,10,13-14,17-18,20-23H2,2-4H3,(H,41,48)(H,42,45)(H,43,47)/t26-,28-,33+,34-,40+/m1/s1. The summed E-state index contributed by atoms with van der Waals surface area (Å²) in [6.45, 7) is 9.51. The monoisotopic (exact) mass is 744 g/mol. The highest BCUT2D eigenvalue weighted by molar-refractivity contribution is 7.91. The molecule has 12 nitrogen and oxygen atoms in total. The van der Waals surface area contributed by atoms with Gasteiger partial charge in [-0.25, -0.2) is 13.2 Å². The van der Waals surface area contributed by atoms with Crippen molar-refractivity contribution in [2.45, 2.75) is 107 Å². The van der Waals surface area contributed by atoms with Gasteiger partial charge in [-0.15, -0.1) is 6.58 Å². The molecule has 5 atom stereocenters. The molecule has 3 aliphatic carbocycles. The minimum absolute atomic E-state index is 0.0473. The van der Waals surface area contributed by atoms with Crippen LogP contribution in [0.3, 0.4) is 0 Å². The first-order valence-corrected chi connectivity index (χ1v) is 20.0. The average Bonchev–Trinajstić information content (AvgIpc) is 4.03. The fraction of sp³-hybridized carbons (Fsp3) is 0.500. The molecule has 1 saturated heterocycles. The number of sulfonamides is 1. The second-order valence-corrected chi connectivity index (χ2v) is 18.0. The summed E-state index contributed by atoms with van der Waals surface area (Å²) in [7, 11) is -3.88. The third-order valence-electron chi connectivity index (χ3n) is 11.1. The number of nitrogens with one attached hydrogen (secondary N) is 3. The van der Waals surface area contributed by atoms with Crippen LogP contribution in [0.1, 0.15) is 71.3 Å². The normalized spacial score (nSPS) is 25.0. The summed E-state index contributed by atoms with van der Waals surface area (Å²) in [5.74, 6) is -2.42. The lowest BCUT2D eigenvalue weighted by Crippen LogP contribution is -2.60. The Balaban J connectivity index is 1.16. The number of carbonyl (C=O) groups excluding carboxylic acids is 4. The Labute approximate surface area is 310 Å². The van der Waals surface area contributed by atoms with Crippen LogP contribution in [0.5, 0.6) is 0 Å². The van der Waals surface area contributed by atoms with Crippen molar-refractivity contribution in [2.24, 2.45) is 11.3 Å². The fourth-order valence-corrected chi connectivity index (χ4v) is 8.86. The second-order valence-electron chi connectivity index (χ2n) is 16.1. The van der Waals surface area contributed by atoms with Gasteiger partial charge in [0.25, 0.3) is 5.91 Å². The lowest BCUT2D eigenvalue weighted by molar-refractivity contribution is -0.143. The molecule has 0 radical (unpaired) electrons. The molecule has 53 heavy (non-hydrogen) atoms. The van der Waals surface area contributed by atoms with Crippen molar-refractivity contribution < 1.29 is 37.1 Å². The highest BCUT2D eigenvalue weighted by Gasteiger charge is 2.62. The van der Waals surface area contributed by atoms with Gasteiger partial charge in [0.15, 0.2) is 0 Å². The van der Waals surface area contributed by atoms with E-state index in [4.69, 9.17) is 9.47 Å². The van der Waals surface area contributed by atoms with Crippen molar-refractivity contribution in [3.63, 3.8) is 0 Å². The molecule has 0 aromatic heterocycles. The summed E-state index contributed by atoms with van der Waals surface area (Å²) in [5, 5.41) is 9.17. The Kier molecular flexibility index (Phi) is 9.77. The highest BCUT2D eigenvalue weighted by Crippen LogP contribution is 2.45. The molecule has 1 heterocycles. The van der Waals surface area contributed by atoms with Crippen LogP contribution < -0.4 is 15.4 Å². The molecule has 282 valence electrons. The van der Waals surface area contributed by atoms with Gasteiger partial charge in [-0.2, -0.15) is 0 Å². The summed E-state index contributed by atoms with van der Waals surface area (Å²) in [6, 6.07) is 16.1. The lowest BCUT2D eigenvalue weighted by atomic mass is 9.85. The van der Waals surface area contributed by atoms with Crippen LogP contribution in [-0.4, -0.2) is 78.8 Å². The molecule has 0 bridgehead atoms. The number of alkyl carbamates (subject to hydrolysis) is 1. The number of likely N-dealkylation sites (tertiary alicyclic amines) is 1. The minimum Gasteiger partial charge on any atom is -0.446 e. The van der Waals surface area contributed by atoms with Gasteiger partial charge in [-0.3, -0.25) is 19.1 Å². The van der Waals surface area contributed by atoms with E-state index in [0.29, 0.717) is 12.8 Å². The van der Waals surface area contributed by atoms with Gasteiger partial charge in [0.05, 0.1) is 18.0 Å². The average molecular weight is 745 g/mol. The summed E-state index contributed by atoms with van der Waals surface area (Å²) in [5.41, 5.74) is -1.30. The maximum Gasteiger partial charge on any atom is 0.408 e. The highest BCUT2D eigenvalue weighted by atomic mass is 32.2. The molecule has 4 fully saturated rings. The van der Waals surface area contributed by atoms with Crippen LogP contribution in [-0.2, 0) is 40.5 Å². The largest absolute Gasteiger partial charge is 0.446 e. The minimum atomic E-state index is -3.88. The number of hydrogen-bond donors (Lipinski definition) is 3. The number of amides is 4. The maximum absolute atomic E-state index is 14.5. The van der Waals surface area contributed by atoms with Gasteiger partial charge in [0, 0.05) is 18.9 Å². The molecule has 13 heteroatoms. The molecule has 1 aliphatic heterocycles. The quantitative estimate of drug-likeness (QED) is 0.176. The van der Waals surface area contributed by atoms with Gasteiger partial charge in [-0.1, -0.05) is 75.4 Å². The number of benzene rings is 3. The van der Waals surface area contributed by atoms with E-state index in [-0.39, 0.29) is 32.1 Å². The van der Waals surface area contributed by atoms with Crippen molar-refractivity contribution in [3.05, 3.63) is 72.8 Å². The Morgan fingerprint density at radius 2 is 1.62 bits per heavy atom. The first-order chi connectivity index (χ1) is 25.2. The first-order valence-electron chi connectivity index (χ1n) is 18.5. The number of rotatable bonds is 12. The Bertz CT molecular complexity index is 2020. The molecule has 4 amide bonds. The molecule has 3 N–H and O–H groups in total. The van der Waals surface area contributed by atoms with E-state index in [1.54, 1.807) is 0 Å². The van der Waals surface area contributed by atoms with Crippen molar-refractivity contribution in [2.75, 3.05) is 6.54 Å². The zero-order valence-electron chi connectivity index (χ0n) is 30.4. The van der Waals surface area contributed by atoms with Crippen molar-refractivity contribution in [1.29, 1.82) is 0 Å². The fourth-order valence-electron chi connectivity index (χ4n) is 7.50. The number of fused-ring (bicyclic) bond motifs is 2. The van der Waals surface area contributed by atoms with Gasteiger partial charge in [-0.05, 0) is 77.1 Å². The number of ether oxygens (including phenoxy) is 2. The predicted octanol–water partition coefficient (Wildman–Crippen LogP) is 4.84. The first kappa shape index (κ1) is 36.9. The van der Waals surface area contributed by atoms with Gasteiger partial charge in [0.2, 0.25) is 21.8 Å². The third-order valence-corrected chi connectivity index (χ3v) is 13.0.